The van der Waals surface area contributed by atoms with E-state index in [1.54, 1.807) is 30.3 Å². The fourth-order valence-electron chi connectivity index (χ4n) is 2.97. The fraction of sp³-hybridized carbons (Fsp3) is 0.0870. The average molecular weight is 435 g/mol. The largest absolute Gasteiger partial charge is 0.484 e. The molecule has 0 unspecified atom stereocenters. The van der Waals surface area contributed by atoms with Crippen LogP contribution < -0.4 is 15.4 Å². The van der Waals surface area contributed by atoms with Gasteiger partial charge in [0.1, 0.15) is 11.6 Å². The molecule has 0 aliphatic carbocycles. The van der Waals surface area contributed by atoms with Gasteiger partial charge in [0, 0.05) is 5.56 Å². The number of para-hydroxylation sites is 1. The Morgan fingerprint density at radius 2 is 1.81 bits per heavy atom. The normalized spacial score (nSPS) is 10.7. The molecule has 0 atom stereocenters. The minimum Gasteiger partial charge on any atom is -0.484 e. The van der Waals surface area contributed by atoms with E-state index in [1.165, 1.54) is 34.4 Å². The van der Waals surface area contributed by atoms with E-state index in [4.69, 9.17) is 10.5 Å². The number of thiazole rings is 1. The lowest BCUT2D eigenvalue weighted by Crippen LogP contribution is -2.34. The first kappa shape index (κ1) is 20.5. The lowest BCUT2D eigenvalue weighted by molar-refractivity contribution is -0.120. The summed E-state index contributed by atoms with van der Waals surface area (Å²) in [7, 11) is 0. The number of nitrogens with two attached hydrogens (primary N) is 1. The van der Waals surface area contributed by atoms with Crippen LogP contribution in [0.15, 0.2) is 72.8 Å². The Morgan fingerprint density at radius 1 is 1.03 bits per heavy atom. The first-order chi connectivity index (χ1) is 15.0. The predicted molar refractivity (Wildman–Crippen MR) is 118 cm³/mol. The minimum absolute atomic E-state index is 0.212. The highest BCUT2D eigenvalue weighted by Crippen LogP contribution is 2.30. The number of hydrogen-bond acceptors (Lipinski definition) is 5. The van der Waals surface area contributed by atoms with Gasteiger partial charge in [-0.1, -0.05) is 41.7 Å². The van der Waals surface area contributed by atoms with E-state index in [0.717, 1.165) is 15.8 Å². The first-order valence-electron chi connectivity index (χ1n) is 9.42. The first-order valence-corrected chi connectivity index (χ1v) is 10.2. The van der Waals surface area contributed by atoms with E-state index in [9.17, 15) is 14.0 Å². The van der Waals surface area contributed by atoms with Crippen molar-refractivity contribution in [3.05, 3.63) is 89.7 Å². The van der Waals surface area contributed by atoms with Crippen LogP contribution in [-0.4, -0.2) is 23.4 Å². The standard InChI is InChI=1S/C23H18FN3O3S/c24-17-10-8-15(9-11-17)13-27(23-26-19-6-1-2-7-20(19)31-23)21(28)14-30-18-5-3-4-16(12-18)22(25)29/h1-12H,13-14H2,(H2,25,29). The summed E-state index contributed by atoms with van der Waals surface area (Å²) < 4.78 is 19.9. The fourth-order valence-corrected chi connectivity index (χ4v) is 3.95. The van der Waals surface area contributed by atoms with Crippen molar-refractivity contribution in [3.8, 4) is 5.75 Å². The highest BCUT2D eigenvalue weighted by Gasteiger charge is 2.21. The Morgan fingerprint density at radius 3 is 2.55 bits per heavy atom. The zero-order valence-electron chi connectivity index (χ0n) is 16.3. The number of aromatic nitrogens is 1. The Labute approximate surface area is 181 Å². The number of carbonyl (C=O) groups excluding carboxylic acids is 2. The summed E-state index contributed by atoms with van der Waals surface area (Å²) >= 11 is 1.39. The third-order valence-electron chi connectivity index (χ3n) is 4.55. The van der Waals surface area contributed by atoms with Crippen LogP contribution in [0.1, 0.15) is 15.9 Å². The lowest BCUT2D eigenvalue weighted by Gasteiger charge is -2.20. The molecule has 0 spiro atoms. The van der Waals surface area contributed by atoms with E-state index in [2.05, 4.69) is 4.98 Å². The van der Waals surface area contributed by atoms with E-state index >= 15 is 0 Å². The second-order valence-corrected chi connectivity index (χ2v) is 7.76. The molecule has 2 N–H and O–H groups in total. The summed E-state index contributed by atoms with van der Waals surface area (Å²) in [6.45, 7) is -0.0526. The molecule has 1 heterocycles. The van der Waals surface area contributed by atoms with Crippen molar-refractivity contribution in [2.45, 2.75) is 6.54 Å². The lowest BCUT2D eigenvalue weighted by atomic mass is 10.2. The topological polar surface area (TPSA) is 85.5 Å². The number of hydrogen-bond donors (Lipinski definition) is 1. The van der Waals surface area contributed by atoms with Crippen LogP contribution in [0.2, 0.25) is 0 Å². The second kappa shape index (κ2) is 8.93. The van der Waals surface area contributed by atoms with Gasteiger partial charge in [0.2, 0.25) is 5.91 Å². The van der Waals surface area contributed by atoms with Crippen LogP contribution in [0.4, 0.5) is 9.52 Å². The van der Waals surface area contributed by atoms with Crippen molar-refractivity contribution in [2.75, 3.05) is 11.5 Å². The molecule has 0 fully saturated rings. The number of rotatable bonds is 7. The third kappa shape index (κ3) is 4.87. The molecule has 0 aliphatic rings. The average Bonchev–Trinajstić information content (AvgIpc) is 3.21. The molecule has 156 valence electrons. The molecule has 0 bridgehead atoms. The van der Waals surface area contributed by atoms with Gasteiger partial charge in [-0.2, -0.15) is 0 Å². The van der Waals surface area contributed by atoms with E-state index in [0.29, 0.717) is 16.4 Å². The molecule has 3 aromatic carbocycles. The smallest absolute Gasteiger partial charge is 0.267 e. The molecule has 0 saturated heterocycles. The van der Waals surface area contributed by atoms with Gasteiger partial charge in [0.05, 0.1) is 16.8 Å². The molecule has 8 heteroatoms. The SMILES string of the molecule is NC(=O)c1cccc(OCC(=O)N(Cc2ccc(F)cc2)c2nc3ccccc3s2)c1. The Bertz CT molecular complexity index is 1210. The highest BCUT2D eigenvalue weighted by molar-refractivity contribution is 7.22. The zero-order chi connectivity index (χ0) is 21.8. The van der Waals surface area contributed by atoms with Gasteiger partial charge < -0.3 is 10.5 Å². The van der Waals surface area contributed by atoms with Crippen LogP contribution >= 0.6 is 11.3 Å². The van der Waals surface area contributed by atoms with Gasteiger partial charge in [-0.3, -0.25) is 14.5 Å². The van der Waals surface area contributed by atoms with Crippen molar-refractivity contribution >= 4 is 38.5 Å². The molecular formula is C23H18FN3O3S. The number of halogens is 1. The van der Waals surface area contributed by atoms with E-state index in [1.807, 2.05) is 24.3 Å². The van der Waals surface area contributed by atoms with Crippen LogP contribution in [0.3, 0.4) is 0 Å². The number of nitrogens with zero attached hydrogens (tertiary/aromatic N) is 2. The summed E-state index contributed by atoms with van der Waals surface area (Å²) in [5.41, 5.74) is 7.12. The number of fused-ring (bicyclic) bond motifs is 1. The maximum atomic E-state index is 13.3. The van der Waals surface area contributed by atoms with E-state index < -0.39 is 5.91 Å². The minimum atomic E-state index is -0.579. The van der Waals surface area contributed by atoms with Crippen molar-refractivity contribution in [2.24, 2.45) is 5.73 Å². The molecule has 6 nitrogen and oxygen atoms in total. The number of benzene rings is 3. The van der Waals surface area contributed by atoms with Crippen LogP contribution in [0.25, 0.3) is 10.2 Å². The van der Waals surface area contributed by atoms with Crippen molar-refractivity contribution in [1.29, 1.82) is 0 Å². The number of amides is 2. The maximum Gasteiger partial charge on any atom is 0.267 e. The molecule has 4 rings (SSSR count). The van der Waals surface area contributed by atoms with Gasteiger partial charge >= 0.3 is 0 Å². The van der Waals surface area contributed by atoms with Gasteiger partial charge in [0.15, 0.2) is 11.7 Å². The van der Waals surface area contributed by atoms with Gasteiger partial charge in [-0.05, 0) is 48.0 Å². The molecule has 4 aromatic rings. The Balaban J connectivity index is 1.58. The molecule has 1 aromatic heterocycles. The van der Waals surface area contributed by atoms with Crippen molar-refractivity contribution < 1.29 is 18.7 Å². The van der Waals surface area contributed by atoms with Crippen molar-refractivity contribution in [1.82, 2.24) is 4.98 Å². The van der Waals surface area contributed by atoms with Crippen LogP contribution in [0, 0.1) is 5.82 Å². The second-order valence-electron chi connectivity index (χ2n) is 6.75. The molecule has 0 radical (unpaired) electrons. The molecule has 2 amide bonds. The number of carbonyl (C=O) groups is 2. The third-order valence-corrected chi connectivity index (χ3v) is 5.61. The number of primary amides is 1. The van der Waals surface area contributed by atoms with Gasteiger partial charge in [0.25, 0.3) is 5.91 Å². The molecule has 0 aliphatic heterocycles. The van der Waals surface area contributed by atoms with Crippen molar-refractivity contribution in [3.63, 3.8) is 0 Å². The zero-order valence-corrected chi connectivity index (χ0v) is 17.1. The van der Waals surface area contributed by atoms with Crippen LogP contribution in [-0.2, 0) is 11.3 Å². The van der Waals surface area contributed by atoms with E-state index in [-0.39, 0.29) is 24.9 Å². The summed E-state index contributed by atoms with van der Waals surface area (Å²) in [6.07, 6.45) is 0. The quantitative estimate of drug-likeness (QED) is 0.473. The summed E-state index contributed by atoms with van der Waals surface area (Å²) in [5, 5.41) is 0.519. The number of ether oxygens (including phenoxy) is 1. The summed E-state index contributed by atoms with van der Waals surface area (Å²) in [5.74, 6) is -0.896. The van der Waals surface area contributed by atoms with Gasteiger partial charge in [-0.15, -0.1) is 0 Å². The molecule has 0 saturated carbocycles. The summed E-state index contributed by atoms with van der Waals surface area (Å²) in [4.78, 5) is 30.5. The number of anilines is 1. The van der Waals surface area contributed by atoms with Crippen LogP contribution in [0.5, 0.6) is 5.75 Å². The molecule has 31 heavy (non-hydrogen) atoms. The summed E-state index contributed by atoms with van der Waals surface area (Å²) in [6, 6.07) is 19.9. The molecular weight excluding hydrogens is 417 g/mol. The van der Waals surface area contributed by atoms with Gasteiger partial charge in [-0.25, -0.2) is 9.37 Å². The Hall–Kier alpha value is -3.78. The highest BCUT2D eigenvalue weighted by atomic mass is 32.1. The monoisotopic (exact) mass is 435 g/mol. The maximum absolute atomic E-state index is 13.3. The Kier molecular flexibility index (Phi) is 5.90. The predicted octanol–water partition coefficient (Wildman–Crippen LogP) is 4.15.